The summed E-state index contributed by atoms with van der Waals surface area (Å²) in [6, 6.07) is 6.30. The van der Waals surface area contributed by atoms with E-state index in [2.05, 4.69) is 20.4 Å². The zero-order chi connectivity index (χ0) is 14.4. The molecular weight excluding hydrogens is 286 g/mol. The maximum Gasteiger partial charge on any atom is 0.168 e. The van der Waals surface area contributed by atoms with Crippen molar-refractivity contribution in [1.82, 2.24) is 19.7 Å². The standard InChI is InChI=1S/C15H14ClN5/c1-9-2-3-10(16)6-13(9)21-15-12(7-19-21)14(17-8-18-15)20-11-4-5-11/h2-3,6-8,11H,4-5H2,1H3,(H,17,18,20). The second-order valence-electron chi connectivity index (χ2n) is 5.37. The van der Waals surface area contributed by atoms with E-state index in [4.69, 9.17) is 11.6 Å². The summed E-state index contributed by atoms with van der Waals surface area (Å²) >= 11 is 6.11. The van der Waals surface area contributed by atoms with E-state index in [-0.39, 0.29) is 0 Å². The number of aryl methyl sites for hydroxylation is 1. The van der Waals surface area contributed by atoms with Crippen LogP contribution in [0.15, 0.2) is 30.7 Å². The normalized spacial score (nSPS) is 14.6. The van der Waals surface area contributed by atoms with Gasteiger partial charge in [0.05, 0.1) is 17.3 Å². The minimum Gasteiger partial charge on any atom is -0.367 e. The van der Waals surface area contributed by atoms with Crippen molar-refractivity contribution in [3.8, 4) is 5.69 Å². The first kappa shape index (κ1) is 12.6. The molecule has 2 aromatic heterocycles. The van der Waals surface area contributed by atoms with E-state index in [1.807, 2.05) is 29.8 Å². The Morgan fingerprint density at radius 2 is 2.14 bits per heavy atom. The maximum atomic E-state index is 6.11. The molecule has 5 nitrogen and oxygen atoms in total. The Labute approximate surface area is 127 Å². The van der Waals surface area contributed by atoms with Gasteiger partial charge in [0.15, 0.2) is 5.65 Å². The zero-order valence-electron chi connectivity index (χ0n) is 11.5. The molecule has 1 saturated carbocycles. The molecule has 106 valence electrons. The fraction of sp³-hybridized carbons (Fsp3) is 0.267. The molecule has 21 heavy (non-hydrogen) atoms. The van der Waals surface area contributed by atoms with E-state index in [1.165, 1.54) is 12.8 Å². The molecule has 1 aliphatic rings. The van der Waals surface area contributed by atoms with Crippen molar-refractivity contribution in [1.29, 1.82) is 0 Å². The predicted molar refractivity (Wildman–Crippen MR) is 83.1 cm³/mol. The number of rotatable bonds is 3. The van der Waals surface area contributed by atoms with Crippen molar-refractivity contribution in [3.05, 3.63) is 41.3 Å². The maximum absolute atomic E-state index is 6.11. The lowest BCUT2D eigenvalue weighted by atomic mass is 10.2. The van der Waals surface area contributed by atoms with Crippen LogP contribution in [0.5, 0.6) is 0 Å². The van der Waals surface area contributed by atoms with Crippen LogP contribution in [-0.4, -0.2) is 25.8 Å². The number of anilines is 1. The quantitative estimate of drug-likeness (QED) is 0.806. The molecule has 0 radical (unpaired) electrons. The third-order valence-electron chi connectivity index (χ3n) is 3.68. The Morgan fingerprint density at radius 1 is 1.29 bits per heavy atom. The average Bonchev–Trinajstić information content (AvgIpc) is 3.18. The molecule has 0 aliphatic heterocycles. The molecule has 0 amide bonds. The summed E-state index contributed by atoms with van der Waals surface area (Å²) < 4.78 is 1.82. The monoisotopic (exact) mass is 299 g/mol. The van der Waals surface area contributed by atoms with Crippen LogP contribution in [0.2, 0.25) is 5.02 Å². The van der Waals surface area contributed by atoms with Crippen LogP contribution in [0, 0.1) is 6.92 Å². The average molecular weight is 300 g/mol. The molecule has 0 bridgehead atoms. The smallest absolute Gasteiger partial charge is 0.168 e. The number of nitrogens with one attached hydrogen (secondary N) is 1. The van der Waals surface area contributed by atoms with Crippen LogP contribution < -0.4 is 5.32 Å². The van der Waals surface area contributed by atoms with Gasteiger partial charge in [0, 0.05) is 11.1 Å². The second kappa shape index (κ2) is 4.70. The van der Waals surface area contributed by atoms with E-state index < -0.39 is 0 Å². The van der Waals surface area contributed by atoms with Crippen LogP contribution in [0.1, 0.15) is 18.4 Å². The van der Waals surface area contributed by atoms with Crippen molar-refractivity contribution in [3.63, 3.8) is 0 Å². The lowest BCUT2D eigenvalue weighted by Crippen LogP contribution is -2.05. The zero-order valence-corrected chi connectivity index (χ0v) is 12.3. The predicted octanol–water partition coefficient (Wildman–Crippen LogP) is 3.35. The number of fused-ring (bicyclic) bond motifs is 1. The van der Waals surface area contributed by atoms with E-state index in [9.17, 15) is 0 Å². The van der Waals surface area contributed by atoms with Gasteiger partial charge in [-0.3, -0.25) is 0 Å². The summed E-state index contributed by atoms with van der Waals surface area (Å²) in [5.74, 6) is 0.855. The van der Waals surface area contributed by atoms with Crippen molar-refractivity contribution < 1.29 is 0 Å². The highest BCUT2D eigenvalue weighted by Gasteiger charge is 2.23. The Morgan fingerprint density at radius 3 is 2.95 bits per heavy atom. The minimum absolute atomic E-state index is 0.541. The van der Waals surface area contributed by atoms with Crippen molar-refractivity contribution in [2.24, 2.45) is 0 Å². The minimum atomic E-state index is 0.541. The van der Waals surface area contributed by atoms with Gasteiger partial charge in [-0.1, -0.05) is 17.7 Å². The van der Waals surface area contributed by atoms with Gasteiger partial charge in [-0.2, -0.15) is 5.10 Å². The molecule has 0 unspecified atom stereocenters. The Balaban J connectivity index is 1.87. The lowest BCUT2D eigenvalue weighted by molar-refractivity contribution is 0.887. The molecule has 0 saturated heterocycles. The third-order valence-corrected chi connectivity index (χ3v) is 3.92. The van der Waals surface area contributed by atoms with Crippen LogP contribution in [0.25, 0.3) is 16.7 Å². The van der Waals surface area contributed by atoms with Gasteiger partial charge >= 0.3 is 0 Å². The molecular formula is C15H14ClN5. The van der Waals surface area contributed by atoms with Crippen molar-refractivity contribution in [2.45, 2.75) is 25.8 Å². The van der Waals surface area contributed by atoms with Gasteiger partial charge < -0.3 is 5.32 Å². The number of aromatic nitrogens is 4. The summed E-state index contributed by atoms with van der Waals surface area (Å²) in [6.07, 6.45) is 5.78. The first-order valence-corrected chi connectivity index (χ1v) is 7.32. The summed E-state index contributed by atoms with van der Waals surface area (Å²) in [5, 5.41) is 9.51. The largest absolute Gasteiger partial charge is 0.367 e. The molecule has 2 heterocycles. The van der Waals surface area contributed by atoms with Gasteiger partial charge in [0.1, 0.15) is 12.1 Å². The van der Waals surface area contributed by atoms with E-state index in [0.29, 0.717) is 11.1 Å². The van der Waals surface area contributed by atoms with Crippen LogP contribution in [0.3, 0.4) is 0 Å². The van der Waals surface area contributed by atoms with Gasteiger partial charge in [-0.25, -0.2) is 14.6 Å². The number of halogens is 1. The molecule has 1 N–H and O–H groups in total. The Bertz CT molecular complexity index is 822. The van der Waals surface area contributed by atoms with Gasteiger partial charge in [-0.05, 0) is 37.5 Å². The highest BCUT2D eigenvalue weighted by atomic mass is 35.5. The second-order valence-corrected chi connectivity index (χ2v) is 5.80. The number of benzene rings is 1. The van der Waals surface area contributed by atoms with Crippen LogP contribution in [-0.2, 0) is 0 Å². The van der Waals surface area contributed by atoms with Crippen LogP contribution >= 0.6 is 11.6 Å². The first-order chi connectivity index (χ1) is 10.2. The summed E-state index contributed by atoms with van der Waals surface area (Å²) in [6.45, 7) is 2.03. The first-order valence-electron chi connectivity index (χ1n) is 6.94. The molecule has 3 aromatic rings. The third kappa shape index (κ3) is 2.23. The van der Waals surface area contributed by atoms with E-state index >= 15 is 0 Å². The Hall–Kier alpha value is -2.14. The fourth-order valence-corrected chi connectivity index (χ4v) is 2.53. The summed E-state index contributed by atoms with van der Waals surface area (Å²) in [5.41, 5.74) is 2.83. The number of nitrogens with zero attached hydrogens (tertiary/aromatic N) is 4. The Kier molecular flexibility index (Phi) is 2.82. The topological polar surface area (TPSA) is 55.6 Å². The molecule has 1 aromatic carbocycles. The van der Waals surface area contributed by atoms with Gasteiger partial charge in [0.25, 0.3) is 0 Å². The SMILES string of the molecule is Cc1ccc(Cl)cc1-n1ncc2c(NC3CC3)ncnc21. The molecule has 0 spiro atoms. The summed E-state index contributed by atoms with van der Waals surface area (Å²) in [4.78, 5) is 8.72. The number of hydrogen-bond donors (Lipinski definition) is 1. The molecule has 1 aliphatic carbocycles. The molecule has 4 rings (SSSR count). The molecule has 0 atom stereocenters. The summed E-state index contributed by atoms with van der Waals surface area (Å²) in [7, 11) is 0. The molecule has 6 heteroatoms. The molecule has 1 fully saturated rings. The fourth-order valence-electron chi connectivity index (χ4n) is 2.37. The lowest BCUT2D eigenvalue weighted by Gasteiger charge is -2.08. The van der Waals surface area contributed by atoms with Crippen molar-refractivity contribution in [2.75, 3.05) is 5.32 Å². The van der Waals surface area contributed by atoms with Gasteiger partial charge in [0.2, 0.25) is 0 Å². The number of hydrogen-bond acceptors (Lipinski definition) is 4. The highest BCUT2D eigenvalue weighted by molar-refractivity contribution is 6.30. The van der Waals surface area contributed by atoms with E-state index in [0.717, 1.165) is 28.1 Å². The van der Waals surface area contributed by atoms with Gasteiger partial charge in [-0.15, -0.1) is 0 Å². The highest BCUT2D eigenvalue weighted by Crippen LogP contribution is 2.29. The van der Waals surface area contributed by atoms with Crippen molar-refractivity contribution >= 4 is 28.5 Å². The van der Waals surface area contributed by atoms with Crippen LogP contribution in [0.4, 0.5) is 5.82 Å². The van der Waals surface area contributed by atoms with E-state index in [1.54, 1.807) is 12.5 Å².